The van der Waals surface area contributed by atoms with Crippen LogP contribution in [0.25, 0.3) is 0 Å². The largest absolute Gasteiger partial charge is 0.479 e. The highest BCUT2D eigenvalue weighted by atomic mass is 32.2. The van der Waals surface area contributed by atoms with Crippen molar-refractivity contribution in [3.8, 4) is 0 Å². The number of esters is 1. The average Bonchev–Trinajstić information content (AvgIpc) is 2.90. The van der Waals surface area contributed by atoms with Gasteiger partial charge in [-0.2, -0.15) is 0 Å². The second kappa shape index (κ2) is 10.3. The molecule has 0 fully saturated rings. The van der Waals surface area contributed by atoms with Gasteiger partial charge in [-0.25, -0.2) is 0 Å². The highest BCUT2D eigenvalue weighted by Gasteiger charge is 2.40. The van der Waals surface area contributed by atoms with E-state index in [0.29, 0.717) is 17.7 Å². The Bertz CT molecular complexity index is 759. The minimum atomic E-state index is -0.711. The summed E-state index contributed by atoms with van der Waals surface area (Å²) in [7, 11) is 0. The third kappa shape index (κ3) is 5.39. The summed E-state index contributed by atoms with van der Waals surface area (Å²) in [5.41, 5.74) is 0.636. The number of thiocarbonyl (C=S) groups is 1. The topological polar surface area (TPSA) is 90.0 Å². The summed E-state index contributed by atoms with van der Waals surface area (Å²) in [4.78, 5) is 50.1. The molecule has 2 amide bonds. The molecule has 1 aromatic rings. The van der Waals surface area contributed by atoms with Crippen LogP contribution in [0.2, 0.25) is 0 Å². The van der Waals surface area contributed by atoms with E-state index < -0.39 is 23.2 Å². The lowest BCUT2D eigenvalue weighted by Crippen LogP contribution is -2.39. The second-order valence-electron chi connectivity index (χ2n) is 5.84. The Labute approximate surface area is 172 Å². The first-order chi connectivity index (χ1) is 13.4. The number of rotatable bonds is 9. The van der Waals surface area contributed by atoms with E-state index >= 15 is 0 Å². The zero-order valence-corrected chi connectivity index (χ0v) is 17.3. The lowest BCUT2D eigenvalue weighted by atomic mass is 10.1. The van der Waals surface area contributed by atoms with E-state index in [1.165, 1.54) is 0 Å². The zero-order valence-electron chi connectivity index (χ0n) is 15.6. The van der Waals surface area contributed by atoms with Crippen LogP contribution in [0.4, 0.5) is 0 Å². The predicted molar refractivity (Wildman–Crippen MR) is 108 cm³/mol. The maximum atomic E-state index is 12.7. The van der Waals surface area contributed by atoms with Crippen LogP contribution in [0, 0.1) is 0 Å². The molecule has 1 heterocycles. The Hall–Kier alpha value is -2.26. The number of amides is 2. The third-order valence-electron chi connectivity index (χ3n) is 3.92. The number of thioether (sulfide) groups is 1. The van der Waals surface area contributed by atoms with Crippen molar-refractivity contribution in [3.05, 3.63) is 35.4 Å². The third-order valence-corrected chi connectivity index (χ3v) is 5.36. The SMILES string of the molecule is CCOC(=O)CC(=O)CCC(SC(=S)OCC)N1C(=O)c2ccccc2C1=O. The van der Waals surface area contributed by atoms with Gasteiger partial charge in [0.05, 0.1) is 29.7 Å². The van der Waals surface area contributed by atoms with Crippen LogP contribution < -0.4 is 0 Å². The van der Waals surface area contributed by atoms with Gasteiger partial charge in [0.1, 0.15) is 12.2 Å². The fraction of sp³-hybridized carbons (Fsp3) is 0.421. The molecule has 0 aliphatic carbocycles. The molecule has 0 saturated heterocycles. The molecule has 9 heteroatoms. The summed E-state index contributed by atoms with van der Waals surface area (Å²) in [6, 6.07) is 6.54. The molecule has 0 bridgehead atoms. The quantitative estimate of drug-likeness (QED) is 0.259. The van der Waals surface area contributed by atoms with Crippen LogP contribution >= 0.6 is 24.0 Å². The van der Waals surface area contributed by atoms with Crippen molar-refractivity contribution in [2.24, 2.45) is 0 Å². The smallest absolute Gasteiger partial charge is 0.313 e. The standard InChI is InChI=1S/C19H21NO6S2/c1-3-25-16(22)11-12(21)9-10-15(28-19(27)26-4-2)20-17(23)13-7-5-6-8-14(13)18(20)24/h5-8,15H,3-4,9-11H2,1-2H3. The minimum Gasteiger partial charge on any atom is -0.479 e. The Morgan fingerprint density at radius 3 is 2.18 bits per heavy atom. The zero-order chi connectivity index (χ0) is 20.7. The van der Waals surface area contributed by atoms with E-state index in [9.17, 15) is 19.2 Å². The summed E-state index contributed by atoms with van der Waals surface area (Å²) >= 11 is 6.19. The van der Waals surface area contributed by atoms with Gasteiger partial charge in [0, 0.05) is 6.42 Å². The lowest BCUT2D eigenvalue weighted by Gasteiger charge is -2.25. The summed E-state index contributed by atoms with van der Waals surface area (Å²) < 4.78 is 10.2. The van der Waals surface area contributed by atoms with Crippen molar-refractivity contribution < 1.29 is 28.7 Å². The van der Waals surface area contributed by atoms with Crippen molar-refractivity contribution in [2.75, 3.05) is 13.2 Å². The Morgan fingerprint density at radius 1 is 1.07 bits per heavy atom. The molecule has 1 aromatic carbocycles. The average molecular weight is 424 g/mol. The number of ether oxygens (including phenoxy) is 2. The molecule has 0 radical (unpaired) electrons. The van der Waals surface area contributed by atoms with Gasteiger partial charge >= 0.3 is 5.97 Å². The molecule has 0 aromatic heterocycles. The fourth-order valence-electron chi connectivity index (χ4n) is 2.72. The Morgan fingerprint density at radius 2 is 1.64 bits per heavy atom. The van der Waals surface area contributed by atoms with E-state index in [2.05, 4.69) is 0 Å². The number of fused-ring (bicyclic) bond motifs is 1. The number of ketones is 1. The van der Waals surface area contributed by atoms with E-state index in [1.807, 2.05) is 0 Å². The summed E-state index contributed by atoms with van der Waals surface area (Å²) in [6.07, 6.45) is -0.191. The number of benzene rings is 1. The van der Waals surface area contributed by atoms with E-state index in [-0.39, 0.29) is 36.0 Å². The van der Waals surface area contributed by atoms with Crippen LogP contribution in [0.1, 0.15) is 53.8 Å². The van der Waals surface area contributed by atoms with E-state index in [1.54, 1.807) is 38.1 Å². The van der Waals surface area contributed by atoms with Crippen LogP contribution in [0.5, 0.6) is 0 Å². The normalized spacial score (nSPS) is 13.9. The number of Topliss-reactive ketones (excluding diaryl/α,β-unsaturated/α-hetero) is 1. The number of imide groups is 1. The first-order valence-electron chi connectivity index (χ1n) is 8.86. The number of carbonyl (C=O) groups excluding carboxylic acids is 4. The van der Waals surface area contributed by atoms with Crippen LogP contribution in [-0.2, 0) is 19.1 Å². The maximum absolute atomic E-state index is 12.7. The first-order valence-corrected chi connectivity index (χ1v) is 10.1. The van der Waals surface area contributed by atoms with Gasteiger partial charge in [-0.05, 0) is 44.6 Å². The summed E-state index contributed by atoms with van der Waals surface area (Å²) in [5, 5.41) is -0.711. The molecule has 1 atom stereocenters. The van der Waals surface area contributed by atoms with Crippen molar-refractivity contribution in [3.63, 3.8) is 0 Å². The molecule has 0 saturated carbocycles. The van der Waals surface area contributed by atoms with Gasteiger partial charge in [-0.15, -0.1) is 0 Å². The Balaban J connectivity index is 2.13. The van der Waals surface area contributed by atoms with Crippen molar-refractivity contribution in [2.45, 2.75) is 38.5 Å². The van der Waals surface area contributed by atoms with Crippen LogP contribution in [0.3, 0.4) is 0 Å². The molecular formula is C19H21NO6S2. The molecule has 28 heavy (non-hydrogen) atoms. The number of hydrogen-bond donors (Lipinski definition) is 0. The Kier molecular flexibility index (Phi) is 8.13. The molecule has 7 nitrogen and oxygen atoms in total. The predicted octanol–water partition coefficient (Wildman–Crippen LogP) is 2.97. The highest BCUT2D eigenvalue weighted by Crippen LogP contribution is 2.32. The molecule has 150 valence electrons. The highest BCUT2D eigenvalue weighted by molar-refractivity contribution is 8.23. The molecule has 1 aliphatic heterocycles. The maximum Gasteiger partial charge on any atom is 0.313 e. The number of nitrogens with zero attached hydrogens (tertiary/aromatic N) is 1. The molecule has 2 rings (SSSR count). The number of hydrogen-bond acceptors (Lipinski definition) is 8. The molecular weight excluding hydrogens is 402 g/mol. The second-order valence-corrected chi connectivity index (χ2v) is 7.62. The van der Waals surface area contributed by atoms with Gasteiger partial charge in [-0.1, -0.05) is 23.9 Å². The minimum absolute atomic E-state index is 0.00136. The summed E-state index contributed by atoms with van der Waals surface area (Å²) in [6.45, 7) is 3.98. The van der Waals surface area contributed by atoms with Gasteiger partial charge in [0.25, 0.3) is 11.8 Å². The van der Waals surface area contributed by atoms with Gasteiger partial charge in [0.2, 0.25) is 4.38 Å². The fourth-order valence-corrected chi connectivity index (χ4v) is 4.11. The van der Waals surface area contributed by atoms with E-state index in [4.69, 9.17) is 21.7 Å². The molecule has 1 unspecified atom stereocenters. The number of carbonyl (C=O) groups is 4. The monoisotopic (exact) mass is 423 g/mol. The molecule has 0 N–H and O–H groups in total. The van der Waals surface area contributed by atoms with Gasteiger partial charge < -0.3 is 9.47 Å². The van der Waals surface area contributed by atoms with Crippen LogP contribution in [0.15, 0.2) is 24.3 Å². The van der Waals surface area contributed by atoms with Crippen molar-refractivity contribution in [1.82, 2.24) is 4.90 Å². The van der Waals surface area contributed by atoms with Gasteiger partial charge in [-0.3, -0.25) is 24.1 Å². The van der Waals surface area contributed by atoms with Crippen molar-refractivity contribution >= 4 is 51.9 Å². The van der Waals surface area contributed by atoms with Gasteiger partial charge in [0.15, 0.2) is 0 Å². The lowest BCUT2D eigenvalue weighted by molar-refractivity contribution is -0.145. The van der Waals surface area contributed by atoms with Crippen molar-refractivity contribution in [1.29, 1.82) is 0 Å². The van der Waals surface area contributed by atoms with Crippen LogP contribution in [-0.4, -0.2) is 51.4 Å². The first kappa shape index (κ1) is 22.0. The molecule has 0 spiro atoms. The summed E-state index contributed by atoms with van der Waals surface area (Å²) in [5.74, 6) is -1.80. The molecule has 1 aliphatic rings. The van der Waals surface area contributed by atoms with E-state index in [0.717, 1.165) is 16.7 Å².